The molecular weight excluding hydrogens is 267 g/mol. The van der Waals surface area contributed by atoms with Gasteiger partial charge >= 0.3 is 0 Å². The van der Waals surface area contributed by atoms with Crippen molar-refractivity contribution >= 4 is 5.69 Å². The first-order chi connectivity index (χ1) is 10.1. The lowest BCUT2D eigenvalue weighted by Gasteiger charge is -2.26. The summed E-state index contributed by atoms with van der Waals surface area (Å²) in [6, 6.07) is 14.7. The average molecular weight is 288 g/mol. The molecule has 2 rings (SSSR count). The number of halogens is 1. The van der Waals surface area contributed by atoms with E-state index in [1.807, 2.05) is 26.2 Å². The van der Waals surface area contributed by atoms with Gasteiger partial charge in [-0.15, -0.1) is 0 Å². The standard InChI is InChI=1S/C17H21FN2O/c1-19-17(13-4-10-16(21-3)11-5-13)12-20(2)15-8-6-14(18)7-9-15/h4-11,17,19H,12H2,1-3H3. The Morgan fingerprint density at radius 2 is 1.71 bits per heavy atom. The van der Waals surface area contributed by atoms with Gasteiger partial charge in [0.1, 0.15) is 11.6 Å². The predicted molar refractivity (Wildman–Crippen MR) is 84.5 cm³/mol. The van der Waals surface area contributed by atoms with E-state index in [0.29, 0.717) is 0 Å². The van der Waals surface area contributed by atoms with Crippen molar-refractivity contribution in [2.75, 3.05) is 32.6 Å². The van der Waals surface area contributed by atoms with Crippen LogP contribution in [0.4, 0.5) is 10.1 Å². The molecule has 1 N–H and O–H groups in total. The maximum atomic E-state index is 13.0. The molecule has 4 heteroatoms. The normalized spacial score (nSPS) is 12.0. The lowest BCUT2D eigenvalue weighted by atomic mass is 10.1. The molecular formula is C17H21FN2O. The molecule has 0 saturated carbocycles. The molecule has 0 aliphatic rings. The molecule has 0 saturated heterocycles. The van der Waals surface area contributed by atoms with Crippen molar-refractivity contribution in [2.45, 2.75) is 6.04 Å². The van der Waals surface area contributed by atoms with Gasteiger partial charge in [0.2, 0.25) is 0 Å². The minimum absolute atomic E-state index is 0.186. The molecule has 0 heterocycles. The van der Waals surface area contributed by atoms with E-state index in [-0.39, 0.29) is 11.9 Å². The SMILES string of the molecule is CNC(CN(C)c1ccc(F)cc1)c1ccc(OC)cc1. The minimum atomic E-state index is -0.215. The maximum Gasteiger partial charge on any atom is 0.123 e. The summed E-state index contributed by atoms with van der Waals surface area (Å²) in [6.07, 6.45) is 0. The maximum absolute atomic E-state index is 13.0. The molecule has 1 unspecified atom stereocenters. The fourth-order valence-electron chi connectivity index (χ4n) is 2.27. The lowest BCUT2D eigenvalue weighted by Crippen LogP contribution is -2.31. The van der Waals surface area contributed by atoms with Crippen LogP contribution in [-0.4, -0.2) is 27.7 Å². The van der Waals surface area contributed by atoms with Crippen LogP contribution in [0, 0.1) is 5.82 Å². The van der Waals surface area contributed by atoms with Crippen molar-refractivity contribution in [1.82, 2.24) is 5.32 Å². The van der Waals surface area contributed by atoms with Crippen LogP contribution in [0.15, 0.2) is 48.5 Å². The van der Waals surface area contributed by atoms with Crippen molar-refractivity contribution in [2.24, 2.45) is 0 Å². The van der Waals surface area contributed by atoms with Gasteiger partial charge in [0.15, 0.2) is 0 Å². The first-order valence-corrected chi connectivity index (χ1v) is 6.92. The summed E-state index contributed by atoms with van der Waals surface area (Å²) < 4.78 is 18.2. The van der Waals surface area contributed by atoms with Gasteiger partial charge in [0.25, 0.3) is 0 Å². The van der Waals surface area contributed by atoms with Crippen molar-refractivity contribution in [3.8, 4) is 5.75 Å². The van der Waals surface area contributed by atoms with Gasteiger partial charge in [-0.2, -0.15) is 0 Å². The van der Waals surface area contributed by atoms with Crippen molar-refractivity contribution in [1.29, 1.82) is 0 Å². The molecule has 0 amide bonds. The largest absolute Gasteiger partial charge is 0.497 e. The Hall–Kier alpha value is -2.07. The number of likely N-dealkylation sites (N-methyl/N-ethyl adjacent to an activating group) is 2. The summed E-state index contributed by atoms with van der Waals surface area (Å²) in [7, 11) is 5.60. The first-order valence-electron chi connectivity index (χ1n) is 6.92. The molecule has 2 aromatic carbocycles. The highest BCUT2D eigenvalue weighted by Gasteiger charge is 2.12. The molecule has 0 aliphatic carbocycles. The second kappa shape index (κ2) is 7.09. The zero-order chi connectivity index (χ0) is 15.2. The van der Waals surface area contributed by atoms with Gasteiger partial charge in [0.05, 0.1) is 7.11 Å². The van der Waals surface area contributed by atoms with E-state index in [1.54, 1.807) is 19.2 Å². The van der Waals surface area contributed by atoms with E-state index in [0.717, 1.165) is 18.0 Å². The smallest absolute Gasteiger partial charge is 0.123 e. The number of methoxy groups -OCH3 is 1. The van der Waals surface area contributed by atoms with Gasteiger partial charge in [-0.25, -0.2) is 4.39 Å². The Bertz CT molecular complexity index is 554. The van der Waals surface area contributed by atoms with E-state index < -0.39 is 0 Å². The molecule has 21 heavy (non-hydrogen) atoms. The van der Waals surface area contributed by atoms with Crippen LogP contribution in [0.3, 0.4) is 0 Å². The highest BCUT2D eigenvalue weighted by Crippen LogP contribution is 2.21. The Balaban J connectivity index is 2.08. The quantitative estimate of drug-likeness (QED) is 0.883. The summed E-state index contributed by atoms with van der Waals surface area (Å²) in [5, 5.41) is 3.31. The van der Waals surface area contributed by atoms with E-state index in [1.165, 1.54) is 17.7 Å². The van der Waals surface area contributed by atoms with Gasteiger partial charge < -0.3 is 15.0 Å². The second-order valence-corrected chi connectivity index (χ2v) is 4.97. The summed E-state index contributed by atoms with van der Waals surface area (Å²) in [5.74, 6) is 0.632. The summed E-state index contributed by atoms with van der Waals surface area (Å²) in [6.45, 7) is 0.786. The first kappa shape index (κ1) is 15.3. The van der Waals surface area contributed by atoms with E-state index in [2.05, 4.69) is 22.3 Å². The molecule has 1 atom stereocenters. The van der Waals surface area contributed by atoms with Crippen LogP contribution in [0.25, 0.3) is 0 Å². The zero-order valence-electron chi connectivity index (χ0n) is 12.6. The highest BCUT2D eigenvalue weighted by atomic mass is 19.1. The van der Waals surface area contributed by atoms with Gasteiger partial charge in [-0.3, -0.25) is 0 Å². The Morgan fingerprint density at radius 1 is 1.10 bits per heavy atom. The third-order valence-corrected chi connectivity index (χ3v) is 3.59. The molecule has 2 aromatic rings. The van der Waals surface area contributed by atoms with Gasteiger partial charge in [-0.1, -0.05) is 12.1 Å². The van der Waals surface area contributed by atoms with Crippen molar-refractivity contribution in [3.05, 3.63) is 59.9 Å². The zero-order valence-corrected chi connectivity index (χ0v) is 12.6. The minimum Gasteiger partial charge on any atom is -0.497 e. The van der Waals surface area contributed by atoms with Gasteiger partial charge in [-0.05, 0) is 49.0 Å². The number of ether oxygens (including phenoxy) is 1. The molecule has 112 valence electrons. The summed E-state index contributed by atoms with van der Waals surface area (Å²) in [4.78, 5) is 2.10. The topological polar surface area (TPSA) is 24.5 Å². The highest BCUT2D eigenvalue weighted by molar-refractivity contribution is 5.46. The molecule has 3 nitrogen and oxygen atoms in total. The summed E-state index contributed by atoms with van der Waals surface area (Å²) >= 11 is 0. The van der Waals surface area contributed by atoms with Crippen LogP contribution in [0.2, 0.25) is 0 Å². The second-order valence-electron chi connectivity index (χ2n) is 4.97. The van der Waals surface area contributed by atoms with Crippen LogP contribution in [0.5, 0.6) is 5.75 Å². The van der Waals surface area contributed by atoms with Crippen molar-refractivity contribution < 1.29 is 9.13 Å². The molecule has 0 aromatic heterocycles. The fourth-order valence-corrected chi connectivity index (χ4v) is 2.27. The average Bonchev–Trinajstić information content (AvgIpc) is 2.53. The molecule has 0 bridgehead atoms. The number of hydrogen-bond donors (Lipinski definition) is 1. The van der Waals surface area contributed by atoms with Crippen LogP contribution in [-0.2, 0) is 0 Å². The Labute approximate surface area is 125 Å². The van der Waals surface area contributed by atoms with E-state index in [9.17, 15) is 4.39 Å². The number of nitrogens with zero attached hydrogens (tertiary/aromatic N) is 1. The molecule has 0 fully saturated rings. The number of rotatable bonds is 6. The van der Waals surface area contributed by atoms with Gasteiger partial charge in [0, 0.05) is 25.3 Å². The van der Waals surface area contributed by atoms with E-state index >= 15 is 0 Å². The molecule has 0 spiro atoms. The Morgan fingerprint density at radius 3 is 2.24 bits per heavy atom. The lowest BCUT2D eigenvalue weighted by molar-refractivity contribution is 0.414. The number of nitrogens with one attached hydrogen (secondary N) is 1. The summed E-state index contributed by atoms with van der Waals surface area (Å²) in [5.41, 5.74) is 2.18. The third-order valence-electron chi connectivity index (χ3n) is 3.59. The van der Waals surface area contributed by atoms with Crippen LogP contribution in [0.1, 0.15) is 11.6 Å². The third kappa shape index (κ3) is 3.95. The monoisotopic (exact) mass is 288 g/mol. The van der Waals surface area contributed by atoms with Crippen LogP contribution >= 0.6 is 0 Å². The van der Waals surface area contributed by atoms with E-state index in [4.69, 9.17) is 4.74 Å². The predicted octanol–water partition coefficient (Wildman–Crippen LogP) is 3.23. The molecule has 0 aliphatic heterocycles. The number of benzene rings is 2. The van der Waals surface area contributed by atoms with Crippen LogP contribution < -0.4 is 15.0 Å². The molecule has 0 radical (unpaired) electrons. The Kier molecular flexibility index (Phi) is 5.17. The fraction of sp³-hybridized carbons (Fsp3) is 0.294. The van der Waals surface area contributed by atoms with Crippen molar-refractivity contribution in [3.63, 3.8) is 0 Å². The number of anilines is 1. The number of hydrogen-bond acceptors (Lipinski definition) is 3.